The fourth-order valence-corrected chi connectivity index (χ4v) is 7.90. The van der Waals surface area contributed by atoms with Crippen LogP contribution in [0.4, 0.5) is 0 Å². The molecule has 6 N–H and O–H groups in total. The molecule has 0 radical (unpaired) electrons. The molecule has 1 heterocycles. The lowest BCUT2D eigenvalue weighted by molar-refractivity contribution is -0.220. The van der Waals surface area contributed by atoms with Gasteiger partial charge in [0.1, 0.15) is 43.2 Å². The lowest BCUT2D eigenvalue weighted by Crippen LogP contribution is -2.64. The first-order chi connectivity index (χ1) is 29.9. The zero-order valence-electron chi connectivity index (χ0n) is 37.3. The van der Waals surface area contributed by atoms with Crippen LogP contribution in [0.5, 0.6) is 0 Å². The van der Waals surface area contributed by atoms with Crippen LogP contribution in [0.1, 0.15) is 155 Å². The third-order valence-corrected chi connectivity index (χ3v) is 11.8. The van der Waals surface area contributed by atoms with Crippen LogP contribution in [-0.4, -0.2) is 111 Å². The third kappa shape index (κ3) is 25.7. The summed E-state index contributed by atoms with van der Waals surface area (Å²) < 4.78 is 39.2. The van der Waals surface area contributed by atoms with Crippen molar-refractivity contribution in [2.45, 2.75) is 210 Å². The molecule has 1 saturated carbocycles. The van der Waals surface area contributed by atoms with Gasteiger partial charge in [0.05, 0.1) is 18.8 Å². The number of hydrogen-bond acceptors (Lipinski definition) is 13. The topological polar surface area (TPSA) is 222 Å². The number of ether oxygens (including phenoxy) is 3. The maximum absolute atomic E-state index is 12.8. The van der Waals surface area contributed by atoms with Crippen molar-refractivity contribution in [3.63, 3.8) is 0 Å². The Hall–Kier alpha value is -2.49. The number of hydrogen-bond donors (Lipinski definition) is 6. The highest BCUT2D eigenvalue weighted by atomic mass is 31.2. The predicted octanol–water partition coefficient (Wildman–Crippen LogP) is 7.93. The largest absolute Gasteiger partial charge is 0.472 e. The number of phosphoric ester groups is 1. The number of allylic oxidation sites excluding steroid dienone is 9. The van der Waals surface area contributed by atoms with Crippen LogP contribution < -0.4 is 0 Å². The van der Waals surface area contributed by atoms with Gasteiger partial charge < -0.3 is 44.6 Å². The van der Waals surface area contributed by atoms with Crippen molar-refractivity contribution in [1.29, 1.82) is 0 Å². The SMILES string of the molecule is CC/C=C\C/C=C\C/C=C\C/C=C\CCCCCCC(=O)OC[C@H](COP(=O)(O)OC1[C@H](O)[C@H](O)C(O)[C@H](O)[C@H]1O)OC(=O)CCCCCCC/C=C\CC1OC1CCCCC. The highest BCUT2D eigenvalue weighted by Gasteiger charge is 2.51. The van der Waals surface area contributed by atoms with Crippen molar-refractivity contribution in [1.82, 2.24) is 0 Å². The molecule has 5 unspecified atom stereocenters. The molecule has 1 aliphatic carbocycles. The fourth-order valence-electron chi connectivity index (χ4n) is 6.93. The van der Waals surface area contributed by atoms with Gasteiger partial charge in [-0.05, 0) is 77.0 Å². The maximum atomic E-state index is 12.8. The van der Waals surface area contributed by atoms with Crippen molar-refractivity contribution in [2.24, 2.45) is 0 Å². The number of aliphatic hydroxyl groups excluding tert-OH is 5. The third-order valence-electron chi connectivity index (χ3n) is 10.8. The van der Waals surface area contributed by atoms with Crippen LogP contribution in [0.2, 0.25) is 0 Å². The van der Waals surface area contributed by atoms with Gasteiger partial charge in [0.25, 0.3) is 0 Å². The normalized spacial score (nSPS) is 25.7. The summed E-state index contributed by atoms with van der Waals surface area (Å²) in [6.07, 6.45) is 28.7. The number of epoxide rings is 1. The maximum Gasteiger partial charge on any atom is 0.472 e. The molecule has 356 valence electrons. The minimum Gasteiger partial charge on any atom is -0.462 e. The van der Waals surface area contributed by atoms with E-state index in [-0.39, 0.29) is 12.8 Å². The minimum absolute atomic E-state index is 0.0674. The average Bonchev–Trinajstić information content (AvgIpc) is 4.01. The molecule has 0 aromatic rings. The van der Waals surface area contributed by atoms with Crippen LogP contribution in [-0.2, 0) is 37.4 Å². The summed E-state index contributed by atoms with van der Waals surface area (Å²) in [4.78, 5) is 35.7. The summed E-state index contributed by atoms with van der Waals surface area (Å²) in [5.41, 5.74) is 0. The van der Waals surface area contributed by atoms with Gasteiger partial charge in [-0.1, -0.05) is 126 Å². The second-order valence-electron chi connectivity index (χ2n) is 16.3. The van der Waals surface area contributed by atoms with Crippen molar-refractivity contribution in [3.8, 4) is 0 Å². The summed E-state index contributed by atoms with van der Waals surface area (Å²) in [7, 11) is -5.14. The first kappa shape index (κ1) is 55.6. The summed E-state index contributed by atoms with van der Waals surface area (Å²) in [6, 6.07) is 0. The van der Waals surface area contributed by atoms with E-state index in [9.17, 15) is 44.6 Å². The summed E-state index contributed by atoms with van der Waals surface area (Å²) in [5.74, 6) is -1.15. The monoisotopic (exact) mass is 899 g/mol. The van der Waals surface area contributed by atoms with Crippen LogP contribution in [0.3, 0.4) is 0 Å². The molecule has 1 saturated heterocycles. The van der Waals surface area contributed by atoms with Crippen molar-refractivity contribution >= 4 is 19.8 Å². The Labute approximate surface area is 370 Å². The number of rotatable bonds is 36. The van der Waals surface area contributed by atoms with Gasteiger partial charge in [-0.15, -0.1) is 0 Å². The first-order valence-electron chi connectivity index (χ1n) is 23.2. The van der Waals surface area contributed by atoms with Crippen molar-refractivity contribution in [3.05, 3.63) is 60.8 Å². The molecule has 62 heavy (non-hydrogen) atoms. The zero-order chi connectivity index (χ0) is 45.4. The number of carbonyl (C=O) groups is 2. The van der Waals surface area contributed by atoms with E-state index in [0.717, 1.165) is 96.3 Å². The van der Waals surface area contributed by atoms with Crippen LogP contribution in [0.25, 0.3) is 0 Å². The molecule has 0 aromatic heterocycles. The van der Waals surface area contributed by atoms with E-state index < -0.39 is 75.7 Å². The highest BCUT2D eigenvalue weighted by Crippen LogP contribution is 2.47. The summed E-state index contributed by atoms with van der Waals surface area (Å²) in [5, 5.41) is 50.2. The van der Waals surface area contributed by atoms with Gasteiger partial charge in [-0.2, -0.15) is 0 Å². The number of esters is 2. The van der Waals surface area contributed by atoms with Crippen LogP contribution in [0.15, 0.2) is 60.8 Å². The molecule has 2 aliphatic rings. The number of carbonyl (C=O) groups excluding carboxylic acids is 2. The molecule has 14 nitrogen and oxygen atoms in total. The van der Waals surface area contributed by atoms with Crippen LogP contribution >= 0.6 is 7.82 Å². The molecule has 0 amide bonds. The van der Waals surface area contributed by atoms with E-state index in [1.165, 1.54) is 19.3 Å². The molecule has 2 fully saturated rings. The Balaban J connectivity index is 1.72. The van der Waals surface area contributed by atoms with E-state index in [1.807, 2.05) is 0 Å². The summed E-state index contributed by atoms with van der Waals surface area (Å²) in [6.45, 7) is 3.11. The Morgan fingerprint density at radius 2 is 1.11 bits per heavy atom. The zero-order valence-corrected chi connectivity index (χ0v) is 38.2. The van der Waals surface area contributed by atoms with Gasteiger partial charge >= 0.3 is 19.8 Å². The van der Waals surface area contributed by atoms with Gasteiger partial charge in [-0.3, -0.25) is 18.6 Å². The van der Waals surface area contributed by atoms with E-state index >= 15 is 0 Å². The average molecular weight is 899 g/mol. The van der Waals surface area contributed by atoms with Crippen LogP contribution in [0, 0.1) is 0 Å². The lowest BCUT2D eigenvalue weighted by atomic mass is 9.85. The minimum atomic E-state index is -5.14. The van der Waals surface area contributed by atoms with Crippen molar-refractivity contribution < 1.29 is 67.8 Å². The number of unbranched alkanes of at least 4 members (excludes halogenated alkanes) is 11. The van der Waals surface area contributed by atoms with Gasteiger partial charge in [0.15, 0.2) is 6.10 Å². The quantitative estimate of drug-likeness (QED) is 0.0116. The lowest BCUT2D eigenvalue weighted by Gasteiger charge is -2.41. The molecule has 1 aliphatic heterocycles. The summed E-state index contributed by atoms with van der Waals surface area (Å²) >= 11 is 0. The van der Waals surface area contributed by atoms with Crippen molar-refractivity contribution in [2.75, 3.05) is 13.2 Å². The second-order valence-corrected chi connectivity index (χ2v) is 17.7. The Bertz CT molecular complexity index is 1380. The number of phosphoric acid groups is 1. The van der Waals surface area contributed by atoms with E-state index in [2.05, 4.69) is 74.6 Å². The molecule has 2 rings (SSSR count). The predicted molar refractivity (Wildman–Crippen MR) is 239 cm³/mol. The standard InChI is InChI=1S/C47H79O14P/c1-3-5-7-8-9-10-11-12-13-14-15-16-17-18-22-25-29-33-40(48)57-35-37(36-58-62(55,56)61-47-45(53)43(51)42(50)44(52)46(47)54)59-41(49)34-30-26-23-20-19-21-24-28-32-39-38(60-39)31-27-6-4-2/h5,7,9-10,12-13,15-16,24,28,37-39,42-47,50-54H,3-4,6,8,11,14,17-23,25-27,29-36H2,1-2H3,(H,55,56)/b7-5-,10-9-,13-12-,16-15-,28-24-/t37-,38?,39?,42?,43-,44+,45-,46-,47?/m1/s1. The van der Waals surface area contributed by atoms with E-state index in [0.29, 0.717) is 25.0 Å². The Kier molecular flexibility index (Phi) is 30.5. The molecule has 10 atom stereocenters. The first-order valence-corrected chi connectivity index (χ1v) is 24.7. The van der Waals surface area contributed by atoms with Gasteiger partial charge in [-0.25, -0.2) is 4.57 Å². The fraction of sp³-hybridized carbons (Fsp3) is 0.745. The van der Waals surface area contributed by atoms with E-state index in [4.69, 9.17) is 23.3 Å². The molecule has 15 heteroatoms. The van der Waals surface area contributed by atoms with Gasteiger partial charge in [0, 0.05) is 12.8 Å². The number of aliphatic hydroxyl groups is 5. The molecular formula is C47H79O14P. The smallest absolute Gasteiger partial charge is 0.462 e. The molecule has 0 aromatic carbocycles. The second kappa shape index (κ2) is 33.9. The van der Waals surface area contributed by atoms with E-state index in [1.54, 1.807) is 0 Å². The molecular weight excluding hydrogens is 819 g/mol. The Morgan fingerprint density at radius 1 is 0.597 bits per heavy atom. The van der Waals surface area contributed by atoms with Gasteiger partial charge in [0.2, 0.25) is 0 Å². The highest BCUT2D eigenvalue weighted by molar-refractivity contribution is 7.47. The Morgan fingerprint density at radius 3 is 1.71 bits per heavy atom. The molecule has 0 spiro atoms. The molecule has 0 bridgehead atoms.